The van der Waals surface area contributed by atoms with Crippen LogP contribution in [0, 0.1) is 5.92 Å². The van der Waals surface area contributed by atoms with Crippen LogP contribution in [0.25, 0.3) is 0 Å². The van der Waals surface area contributed by atoms with Crippen LogP contribution >= 0.6 is 0 Å². The molecule has 2 amide bonds. The van der Waals surface area contributed by atoms with Crippen LogP contribution in [0.15, 0.2) is 24.3 Å². The van der Waals surface area contributed by atoms with E-state index in [4.69, 9.17) is 5.73 Å². The molecule has 0 radical (unpaired) electrons. The van der Waals surface area contributed by atoms with Crippen molar-refractivity contribution in [2.24, 2.45) is 11.7 Å². The van der Waals surface area contributed by atoms with E-state index in [2.05, 4.69) is 36.4 Å². The van der Waals surface area contributed by atoms with Crippen molar-refractivity contribution < 1.29 is 4.79 Å². The number of carbonyl (C=O) groups excluding carboxylic acids is 1. The molecule has 116 valence electrons. The standard InChI is InChI=1S/C16H26N4O/c1-11-10-20(3)9-8-15(11)18-12(2)13-4-6-14(7-5-13)19-16(17)21/h4-7,11-12,15,18H,8-10H2,1-3H3,(H3,17,19,21). The molecule has 1 saturated heterocycles. The second-order valence-corrected chi connectivity index (χ2v) is 6.13. The highest BCUT2D eigenvalue weighted by Crippen LogP contribution is 2.21. The molecule has 0 aliphatic carbocycles. The van der Waals surface area contributed by atoms with Crippen LogP contribution in [0.2, 0.25) is 0 Å². The molecule has 1 aliphatic heterocycles. The summed E-state index contributed by atoms with van der Waals surface area (Å²) in [6.45, 7) is 6.78. The van der Waals surface area contributed by atoms with Gasteiger partial charge >= 0.3 is 6.03 Å². The van der Waals surface area contributed by atoms with Crippen molar-refractivity contribution in [3.8, 4) is 0 Å². The van der Waals surface area contributed by atoms with Crippen LogP contribution in [0.3, 0.4) is 0 Å². The number of anilines is 1. The Morgan fingerprint density at radius 2 is 2.05 bits per heavy atom. The van der Waals surface area contributed by atoms with Crippen molar-refractivity contribution in [3.05, 3.63) is 29.8 Å². The Morgan fingerprint density at radius 3 is 2.62 bits per heavy atom. The lowest BCUT2D eigenvalue weighted by Crippen LogP contribution is -2.47. The lowest BCUT2D eigenvalue weighted by atomic mass is 9.93. The third-order valence-corrected chi connectivity index (χ3v) is 4.25. The van der Waals surface area contributed by atoms with E-state index in [-0.39, 0.29) is 0 Å². The largest absolute Gasteiger partial charge is 0.351 e. The first-order valence-electron chi connectivity index (χ1n) is 7.56. The number of benzene rings is 1. The summed E-state index contributed by atoms with van der Waals surface area (Å²) in [7, 11) is 2.18. The molecule has 2 rings (SSSR count). The molecule has 0 aromatic heterocycles. The number of amides is 2. The predicted octanol–water partition coefficient (Wildman–Crippen LogP) is 2.17. The van der Waals surface area contributed by atoms with Gasteiger partial charge in [0.25, 0.3) is 0 Å². The first-order valence-corrected chi connectivity index (χ1v) is 7.56. The lowest BCUT2D eigenvalue weighted by molar-refractivity contribution is 0.168. The maximum absolute atomic E-state index is 10.8. The summed E-state index contributed by atoms with van der Waals surface area (Å²) in [4.78, 5) is 13.2. The van der Waals surface area contributed by atoms with E-state index in [9.17, 15) is 4.79 Å². The average Bonchev–Trinajstić information content (AvgIpc) is 2.42. The number of nitrogens with two attached hydrogens (primary N) is 1. The van der Waals surface area contributed by atoms with E-state index in [0.29, 0.717) is 18.0 Å². The fourth-order valence-electron chi connectivity index (χ4n) is 3.02. The Bertz CT molecular complexity index is 474. The Hall–Kier alpha value is -1.59. The van der Waals surface area contributed by atoms with Crippen molar-refractivity contribution in [3.63, 3.8) is 0 Å². The monoisotopic (exact) mass is 290 g/mol. The van der Waals surface area contributed by atoms with Crippen molar-refractivity contribution in [2.45, 2.75) is 32.4 Å². The average molecular weight is 290 g/mol. The molecular formula is C16H26N4O. The van der Waals surface area contributed by atoms with Crippen LogP contribution in [-0.2, 0) is 0 Å². The van der Waals surface area contributed by atoms with Gasteiger partial charge in [-0.15, -0.1) is 0 Å². The maximum Gasteiger partial charge on any atom is 0.316 e. The second-order valence-electron chi connectivity index (χ2n) is 6.13. The topological polar surface area (TPSA) is 70.4 Å². The summed E-state index contributed by atoms with van der Waals surface area (Å²) in [6.07, 6.45) is 1.18. The molecule has 3 atom stereocenters. The number of urea groups is 1. The third kappa shape index (κ3) is 4.44. The number of carbonyl (C=O) groups is 1. The highest BCUT2D eigenvalue weighted by molar-refractivity contribution is 5.87. The minimum Gasteiger partial charge on any atom is -0.351 e. The van der Waals surface area contributed by atoms with Gasteiger partial charge in [-0.1, -0.05) is 19.1 Å². The highest BCUT2D eigenvalue weighted by Gasteiger charge is 2.25. The van der Waals surface area contributed by atoms with Gasteiger partial charge in [0, 0.05) is 24.3 Å². The van der Waals surface area contributed by atoms with Gasteiger partial charge in [-0.3, -0.25) is 0 Å². The maximum atomic E-state index is 10.8. The van der Waals surface area contributed by atoms with E-state index in [0.717, 1.165) is 18.8 Å². The van der Waals surface area contributed by atoms with E-state index in [1.165, 1.54) is 12.0 Å². The molecule has 1 aromatic rings. The van der Waals surface area contributed by atoms with Gasteiger partial charge in [0.15, 0.2) is 0 Å². The van der Waals surface area contributed by atoms with Crippen LogP contribution in [0.4, 0.5) is 10.5 Å². The molecule has 0 spiro atoms. The third-order valence-electron chi connectivity index (χ3n) is 4.25. The molecule has 0 saturated carbocycles. The molecule has 1 aliphatic rings. The molecule has 1 aromatic carbocycles. The van der Waals surface area contributed by atoms with Crippen molar-refractivity contribution >= 4 is 11.7 Å². The number of primary amides is 1. The van der Waals surface area contributed by atoms with Crippen molar-refractivity contribution in [2.75, 3.05) is 25.5 Å². The lowest BCUT2D eigenvalue weighted by Gasteiger charge is -2.37. The number of nitrogens with zero attached hydrogens (tertiary/aromatic N) is 1. The van der Waals surface area contributed by atoms with Gasteiger partial charge in [0.1, 0.15) is 0 Å². The number of likely N-dealkylation sites (tertiary alicyclic amines) is 1. The number of nitrogens with one attached hydrogen (secondary N) is 2. The molecule has 5 nitrogen and oxygen atoms in total. The van der Waals surface area contributed by atoms with Crippen molar-refractivity contribution in [1.29, 1.82) is 0 Å². The molecular weight excluding hydrogens is 264 g/mol. The Morgan fingerprint density at radius 1 is 1.38 bits per heavy atom. The number of hydrogen-bond acceptors (Lipinski definition) is 3. The van der Waals surface area contributed by atoms with Crippen molar-refractivity contribution in [1.82, 2.24) is 10.2 Å². The van der Waals surface area contributed by atoms with Crippen LogP contribution in [0.5, 0.6) is 0 Å². The van der Waals surface area contributed by atoms with Gasteiger partial charge < -0.3 is 21.3 Å². The summed E-state index contributed by atoms with van der Waals surface area (Å²) in [5, 5.41) is 6.30. The molecule has 0 bridgehead atoms. The molecule has 1 fully saturated rings. The van der Waals surface area contributed by atoms with Gasteiger partial charge in [0.2, 0.25) is 0 Å². The van der Waals surface area contributed by atoms with Gasteiger partial charge in [0.05, 0.1) is 0 Å². The van der Waals surface area contributed by atoms with Crippen LogP contribution < -0.4 is 16.4 Å². The van der Waals surface area contributed by atoms with E-state index >= 15 is 0 Å². The molecule has 3 unspecified atom stereocenters. The summed E-state index contributed by atoms with van der Waals surface area (Å²) in [6, 6.07) is 8.15. The smallest absolute Gasteiger partial charge is 0.316 e. The molecule has 1 heterocycles. The van der Waals surface area contributed by atoms with E-state index < -0.39 is 6.03 Å². The SMILES string of the molecule is CC(NC1CCN(C)CC1C)c1ccc(NC(N)=O)cc1. The first-order chi connectivity index (χ1) is 9.95. The number of hydrogen-bond donors (Lipinski definition) is 3. The van der Waals surface area contributed by atoms with Crippen LogP contribution in [0.1, 0.15) is 31.9 Å². The summed E-state index contributed by atoms with van der Waals surface area (Å²) in [5.41, 5.74) is 7.05. The number of rotatable bonds is 4. The minimum absolute atomic E-state index is 0.295. The second kappa shape index (κ2) is 6.91. The quantitative estimate of drug-likeness (QED) is 0.796. The van der Waals surface area contributed by atoms with Gasteiger partial charge in [-0.2, -0.15) is 0 Å². The van der Waals surface area contributed by atoms with Gasteiger partial charge in [-0.25, -0.2) is 4.79 Å². The number of piperidine rings is 1. The zero-order valence-corrected chi connectivity index (χ0v) is 13.1. The molecule has 4 N–H and O–H groups in total. The summed E-state index contributed by atoms with van der Waals surface area (Å²) >= 11 is 0. The molecule has 5 heteroatoms. The zero-order chi connectivity index (χ0) is 15.4. The summed E-state index contributed by atoms with van der Waals surface area (Å²) in [5.74, 6) is 0.655. The van der Waals surface area contributed by atoms with Crippen LogP contribution in [-0.4, -0.2) is 37.1 Å². The summed E-state index contributed by atoms with van der Waals surface area (Å²) < 4.78 is 0. The highest BCUT2D eigenvalue weighted by atomic mass is 16.2. The molecule has 21 heavy (non-hydrogen) atoms. The Balaban J connectivity index is 1.93. The fourth-order valence-corrected chi connectivity index (χ4v) is 3.02. The predicted molar refractivity (Wildman–Crippen MR) is 86.3 cm³/mol. The normalized spacial score (nSPS) is 24.5. The first kappa shape index (κ1) is 15.8. The Kier molecular flexibility index (Phi) is 5.20. The van der Waals surface area contributed by atoms with Gasteiger partial charge in [-0.05, 0) is 50.6 Å². The minimum atomic E-state index is -0.533. The fraction of sp³-hybridized carbons (Fsp3) is 0.562. The zero-order valence-electron chi connectivity index (χ0n) is 13.1. The van der Waals surface area contributed by atoms with E-state index in [1.807, 2.05) is 24.3 Å². The Labute approximate surface area is 126 Å². The van der Waals surface area contributed by atoms with E-state index in [1.54, 1.807) is 0 Å².